The van der Waals surface area contributed by atoms with Crippen LogP contribution in [-0.2, 0) is 23.7 Å². The predicted molar refractivity (Wildman–Crippen MR) is 95.7 cm³/mol. The van der Waals surface area contributed by atoms with Gasteiger partial charge in [-0.15, -0.1) is 0 Å². The van der Waals surface area contributed by atoms with Gasteiger partial charge >= 0.3 is 160 Å². The molecular weight excluding hydrogens is 403 g/mol. The molecule has 0 aromatic heterocycles. The van der Waals surface area contributed by atoms with Gasteiger partial charge in [-0.25, -0.2) is 0 Å². The molecule has 1 aromatic carbocycles. The van der Waals surface area contributed by atoms with E-state index in [1.807, 2.05) is 39.8 Å². The molecule has 0 spiro atoms. The number of hydrogen-bond acceptors (Lipinski definition) is 6. The van der Waals surface area contributed by atoms with Crippen molar-refractivity contribution in [2.24, 2.45) is 0 Å². The molecule has 3 saturated heterocycles. The molecule has 4 rings (SSSR count). The summed E-state index contributed by atoms with van der Waals surface area (Å²) in [5, 5.41) is 0.882. The summed E-state index contributed by atoms with van der Waals surface area (Å²) in [7, 11) is 1.68. The normalized spacial score (nSPS) is 37.2. The van der Waals surface area contributed by atoms with Crippen LogP contribution < -0.4 is 9.20 Å². The maximum atomic E-state index is 6.26. The summed E-state index contributed by atoms with van der Waals surface area (Å²) in [5.74, 6) is -0.449. The van der Waals surface area contributed by atoms with Gasteiger partial charge in [-0.1, -0.05) is 0 Å². The number of methoxy groups -OCH3 is 1. The Morgan fingerprint density at radius 2 is 1.50 bits per heavy atom. The zero-order valence-electron chi connectivity index (χ0n) is 15.8. The Morgan fingerprint density at radius 3 is 2.19 bits per heavy atom. The van der Waals surface area contributed by atoms with Crippen molar-refractivity contribution in [3.8, 4) is 5.75 Å². The van der Waals surface area contributed by atoms with E-state index in [1.165, 1.54) is 4.46 Å². The molecule has 144 valence electrons. The van der Waals surface area contributed by atoms with Gasteiger partial charge in [-0.3, -0.25) is 0 Å². The average Bonchev–Trinajstić information content (AvgIpc) is 3.07. The van der Waals surface area contributed by atoms with Crippen LogP contribution in [0.2, 0.25) is 5.32 Å². The molecule has 7 heteroatoms. The van der Waals surface area contributed by atoms with E-state index in [1.54, 1.807) is 7.11 Å². The molecule has 3 aliphatic heterocycles. The van der Waals surface area contributed by atoms with Crippen molar-refractivity contribution < 1.29 is 28.4 Å². The molecule has 0 bridgehead atoms. The van der Waals surface area contributed by atoms with Crippen LogP contribution in [0, 0.1) is 0 Å². The van der Waals surface area contributed by atoms with E-state index < -0.39 is 17.9 Å². The molecule has 0 saturated carbocycles. The Hall–Kier alpha value is -0.661. The third-order valence-electron chi connectivity index (χ3n) is 4.72. The molecule has 0 N–H and O–H groups in total. The summed E-state index contributed by atoms with van der Waals surface area (Å²) in [6.07, 6.45) is -1.09. The minimum absolute atomic E-state index is 0.0809. The quantitative estimate of drug-likeness (QED) is 0.681. The van der Waals surface area contributed by atoms with Gasteiger partial charge in [0.15, 0.2) is 0 Å². The van der Waals surface area contributed by atoms with Crippen LogP contribution in [0.15, 0.2) is 24.3 Å². The predicted octanol–water partition coefficient (Wildman–Crippen LogP) is 1.84. The van der Waals surface area contributed by atoms with Crippen LogP contribution in [-0.4, -0.2) is 64.3 Å². The average molecular weight is 429 g/mol. The van der Waals surface area contributed by atoms with Crippen molar-refractivity contribution >= 4 is 19.4 Å². The standard InChI is InChI=1S/C19H26O6Se/c1-18(2)22-14-13(10-26-12-8-6-11(20-5)7-9-12)21-17-16(15(14)23-18)24-19(3,4)25-17/h6-9,13-17H,10H2,1-5H3/t13-,14+,15+,16-,17-/m1/s1. The molecule has 0 aliphatic carbocycles. The molecule has 3 heterocycles. The van der Waals surface area contributed by atoms with E-state index in [-0.39, 0.29) is 39.4 Å². The summed E-state index contributed by atoms with van der Waals surface area (Å²) in [4.78, 5) is 0. The molecule has 26 heavy (non-hydrogen) atoms. The van der Waals surface area contributed by atoms with Gasteiger partial charge in [0.1, 0.15) is 0 Å². The second-order valence-electron chi connectivity index (χ2n) is 7.69. The van der Waals surface area contributed by atoms with Gasteiger partial charge in [-0.05, 0) is 0 Å². The van der Waals surface area contributed by atoms with E-state index in [2.05, 4.69) is 12.1 Å². The number of benzene rings is 1. The number of rotatable bonds is 4. The van der Waals surface area contributed by atoms with E-state index in [4.69, 9.17) is 28.4 Å². The first kappa shape index (κ1) is 18.7. The van der Waals surface area contributed by atoms with Crippen molar-refractivity contribution in [2.75, 3.05) is 7.11 Å². The second-order valence-corrected chi connectivity index (χ2v) is 9.99. The van der Waals surface area contributed by atoms with Gasteiger partial charge in [0.25, 0.3) is 0 Å². The summed E-state index contributed by atoms with van der Waals surface area (Å²) in [6.45, 7) is 7.68. The van der Waals surface area contributed by atoms with Crippen LogP contribution in [0.1, 0.15) is 27.7 Å². The SMILES string of the molecule is COc1ccc([Se]C[C@H]2O[C@@H]3OC(C)(C)O[C@@H]3[C@H]3OC(C)(C)O[C@H]32)cc1. The van der Waals surface area contributed by atoms with Crippen LogP contribution in [0.5, 0.6) is 5.75 Å². The first-order valence-corrected chi connectivity index (χ1v) is 11.0. The minimum atomic E-state index is -0.675. The first-order valence-electron chi connectivity index (χ1n) is 8.90. The number of ether oxygens (including phenoxy) is 6. The fraction of sp³-hybridized carbons (Fsp3) is 0.684. The summed E-state index contributed by atoms with van der Waals surface area (Å²) in [6, 6.07) is 8.20. The van der Waals surface area contributed by atoms with Crippen LogP contribution in [0.4, 0.5) is 0 Å². The van der Waals surface area contributed by atoms with E-state index in [9.17, 15) is 0 Å². The molecule has 6 nitrogen and oxygen atoms in total. The van der Waals surface area contributed by atoms with E-state index in [0.29, 0.717) is 0 Å². The van der Waals surface area contributed by atoms with E-state index >= 15 is 0 Å². The van der Waals surface area contributed by atoms with Crippen LogP contribution >= 0.6 is 0 Å². The Labute approximate surface area is 160 Å². The first-order chi connectivity index (χ1) is 12.3. The van der Waals surface area contributed by atoms with Crippen molar-refractivity contribution in [2.45, 2.75) is 75.3 Å². The maximum absolute atomic E-state index is 6.26. The summed E-state index contributed by atoms with van der Waals surface area (Å²) >= 11 is 0.249. The molecule has 0 unspecified atom stereocenters. The zero-order chi connectivity index (χ0) is 18.5. The Morgan fingerprint density at radius 1 is 0.885 bits per heavy atom. The second kappa shape index (κ2) is 6.74. The van der Waals surface area contributed by atoms with Crippen molar-refractivity contribution in [1.82, 2.24) is 0 Å². The van der Waals surface area contributed by atoms with Crippen molar-refractivity contribution in [1.29, 1.82) is 0 Å². The third kappa shape index (κ3) is 3.67. The topological polar surface area (TPSA) is 55.4 Å². The van der Waals surface area contributed by atoms with Gasteiger partial charge in [0, 0.05) is 0 Å². The molecule has 5 atom stereocenters. The van der Waals surface area contributed by atoms with Crippen LogP contribution in [0.25, 0.3) is 0 Å². The fourth-order valence-corrected chi connectivity index (χ4v) is 5.68. The Bertz CT molecular complexity index is 646. The van der Waals surface area contributed by atoms with Crippen molar-refractivity contribution in [3.05, 3.63) is 24.3 Å². The third-order valence-corrected chi connectivity index (χ3v) is 7.03. The summed E-state index contributed by atoms with van der Waals surface area (Å²) in [5.41, 5.74) is 0. The van der Waals surface area contributed by atoms with Crippen LogP contribution in [0.3, 0.4) is 0 Å². The Balaban J connectivity index is 1.48. The van der Waals surface area contributed by atoms with E-state index in [0.717, 1.165) is 11.1 Å². The number of hydrogen-bond donors (Lipinski definition) is 0. The molecule has 3 aliphatic rings. The van der Waals surface area contributed by atoms with Crippen molar-refractivity contribution in [3.63, 3.8) is 0 Å². The molecular formula is C19H26O6Se. The fourth-order valence-electron chi connectivity index (χ4n) is 3.68. The van der Waals surface area contributed by atoms with Gasteiger partial charge < -0.3 is 0 Å². The zero-order valence-corrected chi connectivity index (χ0v) is 17.5. The summed E-state index contributed by atoms with van der Waals surface area (Å²) < 4.78 is 37.1. The number of fused-ring (bicyclic) bond motifs is 3. The van der Waals surface area contributed by atoms with Gasteiger partial charge in [0.2, 0.25) is 0 Å². The molecule has 0 radical (unpaired) electrons. The monoisotopic (exact) mass is 430 g/mol. The molecule has 1 aromatic rings. The van der Waals surface area contributed by atoms with Gasteiger partial charge in [-0.2, -0.15) is 0 Å². The molecule has 3 fully saturated rings. The Kier molecular flexibility index (Phi) is 4.85. The molecule has 0 amide bonds. The van der Waals surface area contributed by atoms with Gasteiger partial charge in [0.05, 0.1) is 0 Å².